The maximum Gasteiger partial charge on any atom is 0.414 e. The number of carbonyl (C=O) groups excluding carboxylic acids is 2. The first-order chi connectivity index (χ1) is 11.6. The molecule has 0 bridgehead atoms. The zero-order valence-electron chi connectivity index (χ0n) is 12.9. The molecule has 2 amide bonds. The summed E-state index contributed by atoms with van der Waals surface area (Å²) in [7, 11) is 0. The van der Waals surface area contributed by atoms with Crippen molar-refractivity contribution in [3.8, 4) is 0 Å². The number of hydrogen-bond acceptors (Lipinski definition) is 3. The van der Waals surface area contributed by atoms with Gasteiger partial charge in [-0.25, -0.2) is 4.79 Å². The number of cyclic esters (lactones) is 1. The van der Waals surface area contributed by atoms with Gasteiger partial charge in [0, 0.05) is 10.7 Å². The summed E-state index contributed by atoms with van der Waals surface area (Å²) in [5.41, 5.74) is 1.67. The minimum Gasteiger partial charge on any atom is -0.442 e. The second kappa shape index (κ2) is 7.36. The number of amides is 2. The number of carbonyl (C=O) groups is 2. The zero-order chi connectivity index (χ0) is 16.9. The number of nitrogens with zero attached hydrogens (tertiary/aromatic N) is 1. The molecule has 1 atom stereocenters. The van der Waals surface area contributed by atoms with Crippen LogP contribution in [0.2, 0.25) is 5.02 Å². The molecule has 0 spiro atoms. The lowest BCUT2D eigenvalue weighted by molar-refractivity contribution is -0.120. The van der Waals surface area contributed by atoms with Crippen LogP contribution in [-0.2, 0) is 16.0 Å². The highest BCUT2D eigenvalue weighted by molar-refractivity contribution is 6.30. The van der Waals surface area contributed by atoms with Crippen LogP contribution >= 0.6 is 11.6 Å². The van der Waals surface area contributed by atoms with E-state index in [1.807, 2.05) is 42.5 Å². The van der Waals surface area contributed by atoms with Crippen LogP contribution in [0.25, 0.3) is 0 Å². The van der Waals surface area contributed by atoms with Crippen LogP contribution in [-0.4, -0.2) is 31.2 Å². The molecule has 2 aromatic rings. The fraction of sp³-hybridized carbons (Fsp3) is 0.222. The first kappa shape index (κ1) is 16.3. The van der Waals surface area contributed by atoms with E-state index in [0.29, 0.717) is 18.1 Å². The van der Waals surface area contributed by atoms with Gasteiger partial charge < -0.3 is 10.1 Å². The van der Waals surface area contributed by atoms with Crippen molar-refractivity contribution in [1.29, 1.82) is 0 Å². The van der Waals surface area contributed by atoms with Crippen molar-refractivity contribution >= 4 is 29.3 Å². The molecule has 0 aliphatic carbocycles. The van der Waals surface area contributed by atoms with Crippen LogP contribution in [0.15, 0.2) is 54.6 Å². The highest BCUT2D eigenvalue weighted by Gasteiger charge is 2.32. The van der Waals surface area contributed by atoms with E-state index < -0.39 is 6.09 Å². The summed E-state index contributed by atoms with van der Waals surface area (Å²) >= 11 is 5.82. The van der Waals surface area contributed by atoms with Crippen molar-refractivity contribution in [2.45, 2.75) is 12.5 Å². The summed E-state index contributed by atoms with van der Waals surface area (Å²) in [4.78, 5) is 25.5. The summed E-state index contributed by atoms with van der Waals surface area (Å²) in [6.45, 7) is 0.714. The van der Waals surface area contributed by atoms with E-state index in [9.17, 15) is 9.59 Å². The third kappa shape index (κ3) is 4.06. The Balaban J connectivity index is 1.49. The standard InChI is InChI=1S/C18H17ClN2O3/c19-14-8-6-13(7-9-14)10-17(22)20-11-16-12-21(18(23)24-16)15-4-2-1-3-5-15/h1-9,16H,10-12H2,(H,20,22). The normalized spacial score (nSPS) is 16.8. The Labute approximate surface area is 145 Å². The van der Waals surface area contributed by atoms with Crippen LogP contribution < -0.4 is 10.2 Å². The molecule has 1 aliphatic heterocycles. The van der Waals surface area contributed by atoms with Crippen molar-refractivity contribution in [3.05, 3.63) is 65.2 Å². The van der Waals surface area contributed by atoms with Crippen LogP contribution in [0.5, 0.6) is 0 Å². The molecule has 6 heteroatoms. The van der Waals surface area contributed by atoms with E-state index in [-0.39, 0.29) is 18.4 Å². The minimum absolute atomic E-state index is 0.119. The highest BCUT2D eigenvalue weighted by atomic mass is 35.5. The molecule has 124 valence electrons. The predicted octanol–water partition coefficient (Wildman–Crippen LogP) is 3.02. The van der Waals surface area contributed by atoms with Gasteiger partial charge in [-0.2, -0.15) is 0 Å². The third-order valence-corrected chi connectivity index (χ3v) is 4.00. The Morgan fingerprint density at radius 2 is 1.88 bits per heavy atom. The minimum atomic E-state index is -0.391. The Morgan fingerprint density at radius 1 is 1.17 bits per heavy atom. The number of nitrogens with one attached hydrogen (secondary N) is 1. The summed E-state index contributed by atoms with van der Waals surface area (Å²) in [5, 5.41) is 3.44. The van der Waals surface area contributed by atoms with Crippen LogP contribution in [0.4, 0.5) is 10.5 Å². The molecular weight excluding hydrogens is 328 g/mol. The van der Waals surface area contributed by atoms with E-state index in [4.69, 9.17) is 16.3 Å². The largest absolute Gasteiger partial charge is 0.442 e. The fourth-order valence-electron chi connectivity index (χ4n) is 2.52. The molecular formula is C18H17ClN2O3. The van der Waals surface area contributed by atoms with Gasteiger partial charge in [0.2, 0.25) is 5.91 Å². The van der Waals surface area contributed by atoms with E-state index in [1.54, 1.807) is 17.0 Å². The van der Waals surface area contributed by atoms with Gasteiger partial charge in [-0.15, -0.1) is 0 Å². The lowest BCUT2D eigenvalue weighted by Gasteiger charge is -2.12. The Bertz CT molecular complexity index is 719. The molecule has 2 aromatic carbocycles. The number of ether oxygens (including phenoxy) is 1. The van der Waals surface area contributed by atoms with E-state index >= 15 is 0 Å². The Morgan fingerprint density at radius 3 is 2.58 bits per heavy atom. The van der Waals surface area contributed by atoms with E-state index in [0.717, 1.165) is 11.3 Å². The average Bonchev–Trinajstić information content (AvgIpc) is 2.97. The van der Waals surface area contributed by atoms with E-state index in [2.05, 4.69) is 5.32 Å². The maximum atomic E-state index is 12.0. The maximum absolute atomic E-state index is 12.0. The molecule has 0 saturated carbocycles. The van der Waals surface area contributed by atoms with Gasteiger partial charge in [-0.1, -0.05) is 41.9 Å². The van der Waals surface area contributed by atoms with Crippen LogP contribution in [0, 0.1) is 0 Å². The van der Waals surface area contributed by atoms with E-state index in [1.165, 1.54) is 0 Å². The summed E-state index contributed by atoms with van der Waals surface area (Å²) in [6, 6.07) is 16.4. The van der Waals surface area contributed by atoms with Gasteiger partial charge in [-0.05, 0) is 29.8 Å². The van der Waals surface area contributed by atoms with Crippen molar-refractivity contribution < 1.29 is 14.3 Å². The average molecular weight is 345 g/mol. The molecule has 5 nitrogen and oxygen atoms in total. The van der Waals surface area contributed by atoms with Crippen molar-refractivity contribution in [3.63, 3.8) is 0 Å². The predicted molar refractivity (Wildman–Crippen MR) is 92.2 cm³/mol. The van der Waals surface area contributed by atoms with Crippen LogP contribution in [0.1, 0.15) is 5.56 Å². The highest BCUT2D eigenvalue weighted by Crippen LogP contribution is 2.20. The second-order valence-corrected chi connectivity index (χ2v) is 6.00. The molecule has 1 N–H and O–H groups in total. The Hall–Kier alpha value is -2.53. The number of hydrogen-bond donors (Lipinski definition) is 1. The van der Waals surface area contributed by atoms with Crippen molar-refractivity contribution in [2.24, 2.45) is 0 Å². The molecule has 1 aliphatic rings. The van der Waals surface area contributed by atoms with Gasteiger partial charge in [0.25, 0.3) is 0 Å². The van der Waals surface area contributed by atoms with Gasteiger partial charge in [-0.3, -0.25) is 9.69 Å². The van der Waals surface area contributed by atoms with Gasteiger partial charge in [0.05, 0.1) is 19.5 Å². The molecule has 1 unspecified atom stereocenters. The lowest BCUT2D eigenvalue weighted by atomic mass is 10.1. The quantitative estimate of drug-likeness (QED) is 0.907. The van der Waals surface area contributed by atoms with Gasteiger partial charge >= 0.3 is 6.09 Å². The lowest BCUT2D eigenvalue weighted by Crippen LogP contribution is -2.35. The fourth-order valence-corrected chi connectivity index (χ4v) is 2.65. The molecule has 3 rings (SSSR count). The number of halogens is 1. The van der Waals surface area contributed by atoms with Crippen molar-refractivity contribution in [1.82, 2.24) is 5.32 Å². The molecule has 1 fully saturated rings. The summed E-state index contributed by atoms with van der Waals surface area (Å²) in [6.07, 6.45) is -0.481. The second-order valence-electron chi connectivity index (χ2n) is 5.56. The molecule has 1 heterocycles. The summed E-state index contributed by atoms with van der Waals surface area (Å²) < 4.78 is 5.30. The first-order valence-corrected chi connectivity index (χ1v) is 8.04. The number of para-hydroxylation sites is 1. The van der Waals surface area contributed by atoms with Crippen molar-refractivity contribution in [2.75, 3.05) is 18.0 Å². The van der Waals surface area contributed by atoms with Crippen LogP contribution in [0.3, 0.4) is 0 Å². The molecule has 0 radical (unpaired) electrons. The first-order valence-electron chi connectivity index (χ1n) is 7.66. The zero-order valence-corrected chi connectivity index (χ0v) is 13.7. The Kier molecular flexibility index (Phi) is 5.01. The topological polar surface area (TPSA) is 58.6 Å². The van der Waals surface area contributed by atoms with Gasteiger partial charge in [0.1, 0.15) is 6.10 Å². The smallest absolute Gasteiger partial charge is 0.414 e. The molecule has 0 aromatic heterocycles. The summed E-state index contributed by atoms with van der Waals surface area (Å²) in [5.74, 6) is -0.119. The number of benzene rings is 2. The third-order valence-electron chi connectivity index (χ3n) is 3.75. The molecule has 24 heavy (non-hydrogen) atoms. The SMILES string of the molecule is O=C(Cc1ccc(Cl)cc1)NCC1CN(c2ccccc2)C(=O)O1. The van der Waals surface area contributed by atoms with Gasteiger partial charge in [0.15, 0.2) is 0 Å². The number of anilines is 1. The molecule has 1 saturated heterocycles. The monoisotopic (exact) mass is 344 g/mol. The number of rotatable bonds is 5.